The molecule has 4 nitrogen and oxygen atoms in total. The smallest absolute Gasteiger partial charge is 0.272 e. The Bertz CT molecular complexity index is 396. The Morgan fingerprint density at radius 1 is 1.50 bits per heavy atom. The van der Waals surface area contributed by atoms with Crippen LogP contribution < -0.4 is 0 Å². The summed E-state index contributed by atoms with van der Waals surface area (Å²) in [7, 11) is 1.63. The lowest BCUT2D eigenvalue weighted by atomic mass is 10.2. The van der Waals surface area contributed by atoms with Crippen LogP contribution in [0.15, 0.2) is 22.8 Å². The van der Waals surface area contributed by atoms with E-state index in [2.05, 4.69) is 34.8 Å². The largest absolute Gasteiger partial charge is 0.383 e. The highest BCUT2D eigenvalue weighted by atomic mass is 79.9. The molecule has 0 aliphatic rings. The lowest BCUT2D eigenvalue weighted by Gasteiger charge is -2.24. The summed E-state index contributed by atoms with van der Waals surface area (Å²) in [6.07, 6.45) is 0. The van der Waals surface area contributed by atoms with Gasteiger partial charge in [-0.1, -0.05) is 19.9 Å². The zero-order valence-electron chi connectivity index (χ0n) is 11.0. The van der Waals surface area contributed by atoms with E-state index in [0.717, 1.165) is 0 Å². The predicted octanol–water partition coefficient (Wildman–Crippen LogP) is 2.59. The highest BCUT2D eigenvalue weighted by Crippen LogP contribution is 2.10. The van der Waals surface area contributed by atoms with Crippen molar-refractivity contribution in [2.24, 2.45) is 5.92 Å². The molecule has 1 amide bonds. The van der Waals surface area contributed by atoms with Crippen molar-refractivity contribution >= 4 is 21.8 Å². The maximum atomic E-state index is 12.3. The van der Waals surface area contributed by atoms with Crippen LogP contribution in [0.25, 0.3) is 0 Å². The minimum atomic E-state index is -0.0537. The Labute approximate surface area is 116 Å². The van der Waals surface area contributed by atoms with Crippen molar-refractivity contribution in [3.8, 4) is 0 Å². The van der Waals surface area contributed by atoms with Crippen LogP contribution in [0.1, 0.15) is 24.3 Å². The summed E-state index contributed by atoms with van der Waals surface area (Å²) in [4.78, 5) is 18.3. The van der Waals surface area contributed by atoms with Gasteiger partial charge in [-0.2, -0.15) is 0 Å². The van der Waals surface area contributed by atoms with Gasteiger partial charge in [0.25, 0.3) is 5.91 Å². The SMILES string of the molecule is COCCN(CC(C)C)C(=O)c1cccc(Br)n1. The van der Waals surface area contributed by atoms with E-state index in [1.165, 1.54) is 0 Å². The van der Waals surface area contributed by atoms with Crippen molar-refractivity contribution in [2.45, 2.75) is 13.8 Å². The monoisotopic (exact) mass is 314 g/mol. The molecule has 0 saturated heterocycles. The number of hydrogen-bond donors (Lipinski definition) is 0. The second-order valence-corrected chi connectivity index (χ2v) is 5.30. The summed E-state index contributed by atoms with van der Waals surface area (Å²) >= 11 is 3.28. The fourth-order valence-electron chi connectivity index (χ4n) is 1.61. The van der Waals surface area contributed by atoms with Crippen LogP contribution in [-0.2, 0) is 4.74 Å². The molecule has 0 unspecified atom stereocenters. The van der Waals surface area contributed by atoms with Gasteiger partial charge >= 0.3 is 0 Å². The van der Waals surface area contributed by atoms with Crippen LogP contribution in [0.2, 0.25) is 0 Å². The topological polar surface area (TPSA) is 42.4 Å². The number of halogens is 1. The Balaban J connectivity index is 2.80. The van der Waals surface area contributed by atoms with Gasteiger partial charge in [-0.3, -0.25) is 4.79 Å². The zero-order chi connectivity index (χ0) is 13.5. The number of methoxy groups -OCH3 is 1. The molecular weight excluding hydrogens is 296 g/mol. The Hall–Kier alpha value is -0.940. The molecule has 1 aromatic rings. The van der Waals surface area contributed by atoms with Gasteiger partial charge in [0.2, 0.25) is 0 Å². The lowest BCUT2D eigenvalue weighted by Crippen LogP contribution is -2.37. The van der Waals surface area contributed by atoms with Gasteiger partial charge in [-0.15, -0.1) is 0 Å². The molecule has 0 fully saturated rings. The Morgan fingerprint density at radius 3 is 2.78 bits per heavy atom. The lowest BCUT2D eigenvalue weighted by molar-refractivity contribution is 0.0666. The van der Waals surface area contributed by atoms with E-state index in [1.807, 2.05) is 6.07 Å². The van der Waals surface area contributed by atoms with E-state index in [1.54, 1.807) is 24.1 Å². The number of ether oxygens (including phenoxy) is 1. The molecule has 1 rings (SSSR count). The highest BCUT2D eigenvalue weighted by molar-refractivity contribution is 9.10. The fourth-order valence-corrected chi connectivity index (χ4v) is 1.95. The van der Waals surface area contributed by atoms with Gasteiger partial charge in [-0.05, 0) is 34.0 Å². The summed E-state index contributed by atoms with van der Waals surface area (Å²) in [5.41, 5.74) is 0.459. The molecule has 0 aliphatic carbocycles. The molecule has 0 bridgehead atoms. The molecule has 0 radical (unpaired) electrons. The fraction of sp³-hybridized carbons (Fsp3) is 0.538. The van der Waals surface area contributed by atoms with E-state index < -0.39 is 0 Å². The Morgan fingerprint density at radius 2 is 2.22 bits per heavy atom. The summed E-state index contributed by atoms with van der Waals surface area (Å²) in [6.45, 7) is 5.99. The van der Waals surface area contributed by atoms with Crippen molar-refractivity contribution in [1.29, 1.82) is 0 Å². The number of rotatable bonds is 6. The van der Waals surface area contributed by atoms with Crippen molar-refractivity contribution in [2.75, 3.05) is 26.8 Å². The number of carbonyl (C=O) groups excluding carboxylic acids is 1. The number of pyridine rings is 1. The van der Waals surface area contributed by atoms with E-state index in [0.29, 0.717) is 35.9 Å². The van der Waals surface area contributed by atoms with Gasteiger partial charge in [0.05, 0.1) is 6.61 Å². The van der Waals surface area contributed by atoms with Gasteiger partial charge in [0, 0.05) is 20.2 Å². The minimum Gasteiger partial charge on any atom is -0.383 e. The third kappa shape index (κ3) is 4.74. The first-order valence-corrected chi connectivity index (χ1v) is 6.74. The van der Waals surface area contributed by atoms with Crippen LogP contribution in [0.4, 0.5) is 0 Å². The number of amides is 1. The van der Waals surface area contributed by atoms with Crippen molar-refractivity contribution in [1.82, 2.24) is 9.88 Å². The van der Waals surface area contributed by atoms with E-state index in [9.17, 15) is 4.79 Å². The average molecular weight is 315 g/mol. The molecule has 18 heavy (non-hydrogen) atoms. The van der Waals surface area contributed by atoms with E-state index in [-0.39, 0.29) is 5.91 Å². The maximum absolute atomic E-state index is 12.3. The van der Waals surface area contributed by atoms with Crippen LogP contribution in [0.3, 0.4) is 0 Å². The predicted molar refractivity (Wildman–Crippen MR) is 74.6 cm³/mol. The number of hydrogen-bond acceptors (Lipinski definition) is 3. The number of nitrogens with zero attached hydrogens (tertiary/aromatic N) is 2. The van der Waals surface area contributed by atoms with Gasteiger partial charge in [0.1, 0.15) is 10.3 Å². The first kappa shape index (κ1) is 15.1. The second-order valence-electron chi connectivity index (χ2n) is 4.48. The average Bonchev–Trinajstić information content (AvgIpc) is 2.33. The third-order valence-corrected chi connectivity index (χ3v) is 2.81. The van der Waals surface area contributed by atoms with Crippen LogP contribution in [0, 0.1) is 5.92 Å². The van der Waals surface area contributed by atoms with Gasteiger partial charge < -0.3 is 9.64 Å². The van der Waals surface area contributed by atoms with Gasteiger partial charge in [0.15, 0.2) is 0 Å². The molecule has 0 spiro atoms. The number of carbonyl (C=O) groups is 1. The molecule has 1 aromatic heterocycles. The Kier molecular flexibility index (Phi) is 6.29. The standard InChI is InChI=1S/C13H19BrN2O2/c1-10(2)9-16(7-8-18-3)13(17)11-5-4-6-12(14)15-11/h4-6,10H,7-9H2,1-3H3. The zero-order valence-corrected chi connectivity index (χ0v) is 12.6. The highest BCUT2D eigenvalue weighted by Gasteiger charge is 2.17. The molecule has 0 aromatic carbocycles. The summed E-state index contributed by atoms with van der Waals surface area (Å²) in [5.74, 6) is 0.361. The summed E-state index contributed by atoms with van der Waals surface area (Å²) in [5, 5.41) is 0. The molecule has 0 saturated carbocycles. The van der Waals surface area contributed by atoms with Gasteiger partial charge in [-0.25, -0.2) is 4.98 Å². The first-order valence-electron chi connectivity index (χ1n) is 5.95. The molecule has 0 N–H and O–H groups in total. The third-order valence-electron chi connectivity index (χ3n) is 2.37. The van der Waals surface area contributed by atoms with Crippen LogP contribution in [0.5, 0.6) is 0 Å². The molecule has 1 heterocycles. The second kappa shape index (κ2) is 7.48. The quantitative estimate of drug-likeness (QED) is 0.758. The molecular formula is C13H19BrN2O2. The summed E-state index contributed by atoms with van der Waals surface area (Å²) < 4.78 is 5.71. The van der Waals surface area contributed by atoms with Crippen molar-refractivity contribution in [3.05, 3.63) is 28.5 Å². The minimum absolute atomic E-state index is 0.0537. The molecule has 5 heteroatoms. The summed E-state index contributed by atoms with van der Waals surface area (Å²) in [6, 6.07) is 5.35. The maximum Gasteiger partial charge on any atom is 0.272 e. The van der Waals surface area contributed by atoms with E-state index >= 15 is 0 Å². The number of aromatic nitrogens is 1. The van der Waals surface area contributed by atoms with Crippen molar-refractivity contribution in [3.63, 3.8) is 0 Å². The molecule has 0 aliphatic heterocycles. The van der Waals surface area contributed by atoms with E-state index in [4.69, 9.17) is 4.74 Å². The first-order chi connectivity index (χ1) is 8.54. The van der Waals surface area contributed by atoms with Crippen LogP contribution in [-0.4, -0.2) is 42.6 Å². The normalized spacial score (nSPS) is 10.7. The molecule has 0 atom stereocenters. The molecule has 100 valence electrons. The van der Waals surface area contributed by atoms with Crippen LogP contribution >= 0.6 is 15.9 Å². The van der Waals surface area contributed by atoms with Crippen molar-refractivity contribution < 1.29 is 9.53 Å².